The molecule has 0 bridgehead atoms. The monoisotopic (exact) mass is 530 g/mol. The van der Waals surface area contributed by atoms with Crippen LogP contribution in [-0.2, 0) is 14.4 Å². The van der Waals surface area contributed by atoms with Gasteiger partial charge in [0.05, 0.1) is 0 Å². The number of hydrogen-bond donors (Lipinski definition) is 2. The molecule has 2 N–H and O–H groups in total. The minimum absolute atomic E-state index is 0.0475. The van der Waals surface area contributed by atoms with Crippen LogP contribution in [-0.4, -0.2) is 28.7 Å². The molecule has 1 unspecified atom stereocenters. The van der Waals surface area contributed by atoms with Crippen LogP contribution in [0.2, 0.25) is 0 Å². The molecule has 1 atom stereocenters. The Balaban J connectivity index is 1.61. The third-order valence-corrected chi connectivity index (χ3v) is 7.01. The molecule has 3 amide bonds. The van der Waals surface area contributed by atoms with E-state index in [2.05, 4.69) is 15.6 Å². The van der Waals surface area contributed by atoms with Gasteiger partial charge in [-0.15, -0.1) is 0 Å². The van der Waals surface area contributed by atoms with Crippen LogP contribution >= 0.6 is 0 Å². The Morgan fingerprint density at radius 2 is 1.74 bits per heavy atom. The van der Waals surface area contributed by atoms with E-state index in [9.17, 15) is 18.8 Å². The Morgan fingerprint density at radius 3 is 2.44 bits per heavy atom. The number of hydrogen-bond acceptors (Lipinski definition) is 4. The van der Waals surface area contributed by atoms with Gasteiger partial charge < -0.3 is 10.6 Å². The first-order valence-corrected chi connectivity index (χ1v) is 13.5. The van der Waals surface area contributed by atoms with Gasteiger partial charge in [0.1, 0.15) is 17.7 Å². The highest BCUT2D eigenvalue weighted by Gasteiger charge is 2.35. The van der Waals surface area contributed by atoms with Gasteiger partial charge in [-0.05, 0) is 80.1 Å². The maximum Gasteiger partial charge on any atom is 0.248 e. The fourth-order valence-corrected chi connectivity index (χ4v) is 4.97. The highest BCUT2D eigenvalue weighted by atomic mass is 19.1. The molecule has 0 spiro atoms. The Morgan fingerprint density at radius 1 is 1.00 bits per heavy atom. The number of halogens is 1. The van der Waals surface area contributed by atoms with Gasteiger partial charge in [0.25, 0.3) is 0 Å². The summed E-state index contributed by atoms with van der Waals surface area (Å²) in [6.45, 7) is 3.82. The van der Waals surface area contributed by atoms with E-state index >= 15 is 0 Å². The molecule has 8 heteroatoms. The van der Waals surface area contributed by atoms with E-state index in [0.29, 0.717) is 23.5 Å². The number of anilines is 2. The normalized spacial score (nSPS) is 14.0. The van der Waals surface area contributed by atoms with E-state index in [1.54, 1.807) is 36.5 Å². The molecule has 0 radical (unpaired) electrons. The molecule has 7 nitrogen and oxygen atoms in total. The number of pyridine rings is 1. The van der Waals surface area contributed by atoms with Crippen molar-refractivity contribution in [3.63, 3.8) is 0 Å². The standard InChI is InChI=1S/C31H35FN4O3/c1-21-13-14-22(2)26(20-21)36(29(38)12-7-11-28(37)35-27-10-5-6-19-33-27)30(23-15-17-24(32)18-16-23)31(39)34-25-8-3-4-9-25/h5-6,10,13-20,25,30H,3-4,7-9,11-12H2,1-2H3,(H,34,39)(H,33,35,37). The number of aryl methyl sites for hydroxylation is 2. The number of nitrogens with one attached hydrogen (secondary N) is 2. The average Bonchev–Trinajstić information content (AvgIpc) is 3.43. The number of carbonyl (C=O) groups is 3. The zero-order valence-electron chi connectivity index (χ0n) is 22.5. The summed E-state index contributed by atoms with van der Waals surface area (Å²) in [6.07, 6.45) is 5.94. The first-order valence-electron chi connectivity index (χ1n) is 13.5. The maximum absolute atomic E-state index is 13.9. The average molecular weight is 531 g/mol. The van der Waals surface area contributed by atoms with Gasteiger partial charge in [0, 0.05) is 30.8 Å². The van der Waals surface area contributed by atoms with E-state index in [1.165, 1.54) is 17.0 Å². The van der Waals surface area contributed by atoms with Crippen molar-refractivity contribution in [3.05, 3.63) is 89.4 Å². The summed E-state index contributed by atoms with van der Waals surface area (Å²) in [6, 6.07) is 15.8. The predicted molar refractivity (Wildman–Crippen MR) is 150 cm³/mol. The molecular formula is C31H35FN4O3. The highest BCUT2D eigenvalue weighted by molar-refractivity contribution is 6.02. The van der Waals surface area contributed by atoms with E-state index < -0.39 is 11.9 Å². The van der Waals surface area contributed by atoms with Gasteiger partial charge >= 0.3 is 0 Å². The molecule has 0 saturated heterocycles. The predicted octanol–water partition coefficient (Wildman–Crippen LogP) is 5.78. The van der Waals surface area contributed by atoms with E-state index in [1.807, 2.05) is 32.0 Å². The van der Waals surface area contributed by atoms with Crippen LogP contribution < -0.4 is 15.5 Å². The third-order valence-electron chi connectivity index (χ3n) is 7.01. The van der Waals surface area contributed by atoms with Gasteiger partial charge in [0.2, 0.25) is 17.7 Å². The minimum Gasteiger partial charge on any atom is -0.351 e. The molecule has 3 aromatic rings. The number of rotatable bonds is 10. The van der Waals surface area contributed by atoms with Gasteiger partial charge in [0.15, 0.2) is 0 Å². The molecule has 0 aliphatic heterocycles. The minimum atomic E-state index is -0.985. The van der Waals surface area contributed by atoms with Gasteiger partial charge in [-0.2, -0.15) is 0 Å². The number of aromatic nitrogens is 1. The summed E-state index contributed by atoms with van der Waals surface area (Å²) < 4.78 is 13.9. The summed E-state index contributed by atoms with van der Waals surface area (Å²) >= 11 is 0. The molecule has 1 aliphatic carbocycles. The summed E-state index contributed by atoms with van der Waals surface area (Å²) in [5.41, 5.74) is 2.92. The maximum atomic E-state index is 13.9. The first-order chi connectivity index (χ1) is 18.8. The lowest BCUT2D eigenvalue weighted by Gasteiger charge is -2.33. The molecule has 1 aromatic heterocycles. The van der Waals surface area contributed by atoms with Gasteiger partial charge in [-0.25, -0.2) is 9.37 Å². The number of amides is 3. The summed E-state index contributed by atoms with van der Waals surface area (Å²) in [5.74, 6) is -0.794. The molecule has 1 fully saturated rings. The smallest absolute Gasteiger partial charge is 0.248 e. The van der Waals surface area contributed by atoms with Crippen LogP contribution in [0, 0.1) is 19.7 Å². The Labute approximate surface area is 228 Å². The van der Waals surface area contributed by atoms with Crippen molar-refractivity contribution in [1.29, 1.82) is 0 Å². The summed E-state index contributed by atoms with van der Waals surface area (Å²) in [4.78, 5) is 45.8. The van der Waals surface area contributed by atoms with Crippen LogP contribution in [0.3, 0.4) is 0 Å². The van der Waals surface area contributed by atoms with Crippen LogP contribution in [0.15, 0.2) is 66.9 Å². The van der Waals surface area contributed by atoms with Crippen molar-refractivity contribution in [1.82, 2.24) is 10.3 Å². The number of carbonyl (C=O) groups excluding carboxylic acids is 3. The van der Waals surface area contributed by atoms with Crippen LogP contribution in [0.1, 0.15) is 67.7 Å². The molecule has 2 aromatic carbocycles. The number of benzene rings is 2. The van der Waals surface area contributed by atoms with Gasteiger partial charge in [-0.3, -0.25) is 19.3 Å². The van der Waals surface area contributed by atoms with Crippen molar-refractivity contribution < 1.29 is 18.8 Å². The Hall–Kier alpha value is -4.07. The Kier molecular flexibility index (Phi) is 9.41. The summed E-state index contributed by atoms with van der Waals surface area (Å²) in [7, 11) is 0. The van der Waals surface area contributed by atoms with E-state index in [4.69, 9.17) is 0 Å². The van der Waals surface area contributed by atoms with Crippen molar-refractivity contribution >= 4 is 29.2 Å². The largest absolute Gasteiger partial charge is 0.351 e. The molecule has 1 aliphatic rings. The van der Waals surface area contributed by atoms with Gasteiger partial charge in [-0.1, -0.05) is 43.2 Å². The summed E-state index contributed by atoms with van der Waals surface area (Å²) in [5, 5.41) is 5.87. The molecule has 1 heterocycles. The quantitative estimate of drug-likeness (QED) is 0.348. The van der Waals surface area contributed by atoms with Crippen molar-refractivity contribution in [2.24, 2.45) is 0 Å². The fraction of sp³-hybridized carbons (Fsp3) is 0.355. The second-order valence-corrected chi connectivity index (χ2v) is 10.1. The lowest BCUT2D eigenvalue weighted by Crippen LogP contribution is -2.46. The van der Waals surface area contributed by atoms with Crippen LogP contribution in [0.4, 0.5) is 15.9 Å². The van der Waals surface area contributed by atoms with Crippen molar-refractivity contribution in [2.45, 2.75) is 70.9 Å². The topological polar surface area (TPSA) is 91.4 Å². The molecule has 4 rings (SSSR count). The molecular weight excluding hydrogens is 495 g/mol. The molecule has 39 heavy (non-hydrogen) atoms. The molecule has 204 valence electrons. The second-order valence-electron chi connectivity index (χ2n) is 10.1. The zero-order valence-corrected chi connectivity index (χ0v) is 22.5. The molecule has 1 saturated carbocycles. The van der Waals surface area contributed by atoms with E-state index in [0.717, 1.165) is 36.8 Å². The van der Waals surface area contributed by atoms with Crippen LogP contribution in [0.5, 0.6) is 0 Å². The second kappa shape index (κ2) is 13.1. The SMILES string of the molecule is Cc1ccc(C)c(N(C(=O)CCCC(=O)Nc2ccccn2)C(C(=O)NC2CCCC2)c2ccc(F)cc2)c1. The highest BCUT2D eigenvalue weighted by Crippen LogP contribution is 2.33. The third kappa shape index (κ3) is 7.50. The fourth-order valence-electron chi connectivity index (χ4n) is 4.97. The Bertz CT molecular complexity index is 1290. The lowest BCUT2D eigenvalue weighted by atomic mass is 9.99. The van der Waals surface area contributed by atoms with Crippen molar-refractivity contribution in [2.75, 3.05) is 10.2 Å². The number of nitrogens with zero attached hydrogens (tertiary/aromatic N) is 2. The lowest BCUT2D eigenvalue weighted by molar-refractivity contribution is -0.127. The van der Waals surface area contributed by atoms with Crippen LogP contribution in [0.25, 0.3) is 0 Å². The van der Waals surface area contributed by atoms with Crippen molar-refractivity contribution in [3.8, 4) is 0 Å². The zero-order chi connectivity index (χ0) is 27.8. The van der Waals surface area contributed by atoms with E-state index in [-0.39, 0.29) is 36.6 Å². The first kappa shape index (κ1) is 28.0.